The molecule has 2 aromatic heterocycles. The first kappa shape index (κ1) is 10.3. The van der Waals surface area contributed by atoms with Crippen LogP contribution in [0.15, 0.2) is 24.5 Å². The van der Waals surface area contributed by atoms with Gasteiger partial charge in [-0.15, -0.1) is 0 Å². The van der Waals surface area contributed by atoms with Gasteiger partial charge in [0, 0.05) is 24.3 Å². The van der Waals surface area contributed by atoms with Crippen molar-refractivity contribution in [1.82, 2.24) is 14.6 Å². The molecule has 0 saturated carbocycles. The fourth-order valence-electron chi connectivity index (χ4n) is 3.47. The maximum absolute atomic E-state index is 9.83. The molecule has 2 bridgehead atoms. The topological polar surface area (TPSA) is 53.7 Å². The summed E-state index contributed by atoms with van der Waals surface area (Å²) in [6.07, 6.45) is 7.70. The number of hydrogen-bond acceptors (Lipinski definition) is 4. The number of anilines is 1. The zero-order valence-electron chi connectivity index (χ0n) is 10.1. The minimum atomic E-state index is -0.127. The number of fused-ring (bicyclic) bond motifs is 3. The molecular formula is C13H16N4O. The normalized spacial score (nSPS) is 31.2. The van der Waals surface area contributed by atoms with Gasteiger partial charge in [0.15, 0.2) is 5.65 Å². The van der Waals surface area contributed by atoms with Gasteiger partial charge in [0.2, 0.25) is 0 Å². The second-order valence-corrected chi connectivity index (χ2v) is 5.34. The minimum absolute atomic E-state index is 0.127. The van der Waals surface area contributed by atoms with E-state index in [0.717, 1.165) is 24.3 Å². The standard InChI is InChI=1S/C13H16N4O/c18-11-7-9-1-2-10(8-11)17(9)13-4-6-16-12(15-13)3-5-14-16/h3-6,9-11,18H,1-2,7-8H2. The molecule has 2 saturated heterocycles. The van der Waals surface area contributed by atoms with Gasteiger partial charge in [0.05, 0.1) is 12.3 Å². The molecule has 2 aliphatic heterocycles. The third-order valence-electron chi connectivity index (χ3n) is 4.22. The average molecular weight is 244 g/mol. The van der Waals surface area contributed by atoms with Crippen molar-refractivity contribution < 1.29 is 5.11 Å². The number of nitrogens with zero attached hydrogens (tertiary/aromatic N) is 4. The summed E-state index contributed by atoms with van der Waals surface area (Å²) in [5.41, 5.74) is 0.887. The molecule has 18 heavy (non-hydrogen) atoms. The molecule has 2 fully saturated rings. The van der Waals surface area contributed by atoms with E-state index in [9.17, 15) is 5.11 Å². The summed E-state index contributed by atoms with van der Waals surface area (Å²) < 4.78 is 1.78. The Morgan fingerprint density at radius 2 is 1.94 bits per heavy atom. The molecular weight excluding hydrogens is 228 g/mol. The summed E-state index contributed by atoms with van der Waals surface area (Å²) in [7, 11) is 0. The SMILES string of the molecule is OC1CC2CCC(C1)N2c1ccn2nccc2n1. The Morgan fingerprint density at radius 3 is 2.72 bits per heavy atom. The number of hydrogen-bond donors (Lipinski definition) is 1. The van der Waals surface area contributed by atoms with E-state index in [1.54, 1.807) is 10.7 Å². The monoisotopic (exact) mass is 244 g/mol. The van der Waals surface area contributed by atoms with Crippen LogP contribution >= 0.6 is 0 Å². The maximum atomic E-state index is 9.83. The zero-order valence-corrected chi connectivity index (χ0v) is 10.1. The summed E-state index contributed by atoms with van der Waals surface area (Å²) >= 11 is 0. The van der Waals surface area contributed by atoms with Gasteiger partial charge in [-0.1, -0.05) is 0 Å². The lowest BCUT2D eigenvalue weighted by Crippen LogP contribution is -2.45. The van der Waals surface area contributed by atoms with Crippen molar-refractivity contribution in [3.8, 4) is 0 Å². The molecule has 0 radical (unpaired) electrons. The van der Waals surface area contributed by atoms with Crippen molar-refractivity contribution in [3.63, 3.8) is 0 Å². The van der Waals surface area contributed by atoms with Crippen LogP contribution in [0.3, 0.4) is 0 Å². The second-order valence-electron chi connectivity index (χ2n) is 5.34. The Labute approximate surface area is 105 Å². The van der Waals surface area contributed by atoms with E-state index in [1.165, 1.54) is 12.8 Å². The van der Waals surface area contributed by atoms with Gasteiger partial charge >= 0.3 is 0 Å². The van der Waals surface area contributed by atoms with Crippen molar-refractivity contribution in [2.75, 3.05) is 4.90 Å². The van der Waals surface area contributed by atoms with Crippen LogP contribution in [0.2, 0.25) is 0 Å². The van der Waals surface area contributed by atoms with Crippen molar-refractivity contribution >= 4 is 11.5 Å². The van der Waals surface area contributed by atoms with E-state index in [1.807, 2.05) is 18.3 Å². The number of aliphatic hydroxyl groups is 1. The fourth-order valence-corrected chi connectivity index (χ4v) is 3.47. The van der Waals surface area contributed by atoms with Crippen LogP contribution in [0.4, 0.5) is 5.82 Å². The van der Waals surface area contributed by atoms with Gasteiger partial charge in [0.25, 0.3) is 0 Å². The van der Waals surface area contributed by atoms with Gasteiger partial charge in [-0.25, -0.2) is 9.50 Å². The number of aromatic nitrogens is 3. The molecule has 4 rings (SSSR count). The lowest BCUT2D eigenvalue weighted by molar-refractivity contribution is 0.126. The molecule has 94 valence electrons. The van der Waals surface area contributed by atoms with Crippen LogP contribution in [0.1, 0.15) is 25.7 Å². The maximum Gasteiger partial charge on any atom is 0.157 e. The molecule has 2 aromatic rings. The summed E-state index contributed by atoms with van der Waals surface area (Å²) in [6, 6.07) is 4.86. The number of piperidine rings is 1. The quantitative estimate of drug-likeness (QED) is 0.819. The first-order valence-electron chi connectivity index (χ1n) is 6.58. The first-order chi connectivity index (χ1) is 8.81. The van der Waals surface area contributed by atoms with E-state index in [4.69, 9.17) is 0 Å². The van der Waals surface area contributed by atoms with Crippen LogP contribution in [0, 0.1) is 0 Å². The van der Waals surface area contributed by atoms with Crippen LogP contribution in [0.25, 0.3) is 5.65 Å². The summed E-state index contributed by atoms with van der Waals surface area (Å²) in [5, 5.41) is 14.0. The van der Waals surface area contributed by atoms with Crippen molar-refractivity contribution in [2.45, 2.75) is 43.9 Å². The van der Waals surface area contributed by atoms with E-state index < -0.39 is 0 Å². The molecule has 5 nitrogen and oxygen atoms in total. The first-order valence-corrected chi connectivity index (χ1v) is 6.58. The molecule has 2 unspecified atom stereocenters. The molecule has 2 atom stereocenters. The van der Waals surface area contributed by atoms with Gasteiger partial charge in [-0.3, -0.25) is 0 Å². The Bertz CT molecular complexity index is 567. The highest BCUT2D eigenvalue weighted by atomic mass is 16.3. The predicted octanol–water partition coefficient (Wildman–Crippen LogP) is 1.22. The van der Waals surface area contributed by atoms with E-state index in [-0.39, 0.29) is 6.10 Å². The third-order valence-corrected chi connectivity index (χ3v) is 4.22. The molecule has 5 heteroatoms. The third kappa shape index (κ3) is 1.43. The molecule has 4 heterocycles. The van der Waals surface area contributed by atoms with Crippen LogP contribution in [-0.4, -0.2) is 37.9 Å². The van der Waals surface area contributed by atoms with E-state index in [0.29, 0.717) is 12.1 Å². The minimum Gasteiger partial charge on any atom is -0.393 e. The number of aliphatic hydroxyl groups excluding tert-OH is 1. The Morgan fingerprint density at radius 1 is 1.17 bits per heavy atom. The lowest BCUT2D eigenvalue weighted by Gasteiger charge is -2.38. The van der Waals surface area contributed by atoms with Crippen molar-refractivity contribution in [1.29, 1.82) is 0 Å². The summed E-state index contributed by atoms with van der Waals surface area (Å²) in [5.74, 6) is 1.03. The lowest BCUT2D eigenvalue weighted by atomic mass is 10.00. The Kier molecular flexibility index (Phi) is 2.11. The van der Waals surface area contributed by atoms with Gasteiger partial charge in [-0.2, -0.15) is 5.10 Å². The number of rotatable bonds is 1. The van der Waals surface area contributed by atoms with Crippen molar-refractivity contribution in [3.05, 3.63) is 24.5 Å². The average Bonchev–Trinajstić information content (AvgIpc) is 2.91. The molecule has 0 aliphatic carbocycles. The van der Waals surface area contributed by atoms with Gasteiger partial charge < -0.3 is 10.0 Å². The summed E-state index contributed by atoms with van der Waals surface area (Å²) in [4.78, 5) is 7.07. The second kappa shape index (κ2) is 3.68. The molecule has 2 aliphatic rings. The predicted molar refractivity (Wildman–Crippen MR) is 67.5 cm³/mol. The van der Waals surface area contributed by atoms with Gasteiger partial charge in [0.1, 0.15) is 5.82 Å². The molecule has 0 spiro atoms. The fraction of sp³-hybridized carbons (Fsp3) is 0.538. The smallest absolute Gasteiger partial charge is 0.157 e. The largest absolute Gasteiger partial charge is 0.393 e. The highest BCUT2D eigenvalue weighted by Gasteiger charge is 2.40. The zero-order chi connectivity index (χ0) is 12.1. The highest BCUT2D eigenvalue weighted by molar-refractivity contribution is 5.50. The van der Waals surface area contributed by atoms with Crippen LogP contribution in [0.5, 0.6) is 0 Å². The molecule has 0 amide bonds. The molecule has 0 aromatic carbocycles. The Hall–Kier alpha value is -1.62. The van der Waals surface area contributed by atoms with Crippen LogP contribution in [-0.2, 0) is 0 Å². The molecule has 1 N–H and O–H groups in total. The highest BCUT2D eigenvalue weighted by Crippen LogP contribution is 2.38. The van der Waals surface area contributed by atoms with Gasteiger partial charge in [-0.05, 0) is 31.7 Å². The van der Waals surface area contributed by atoms with Crippen molar-refractivity contribution in [2.24, 2.45) is 0 Å². The van der Waals surface area contributed by atoms with E-state index >= 15 is 0 Å². The van der Waals surface area contributed by atoms with E-state index in [2.05, 4.69) is 15.0 Å². The summed E-state index contributed by atoms with van der Waals surface area (Å²) in [6.45, 7) is 0. The van der Waals surface area contributed by atoms with Crippen LogP contribution < -0.4 is 4.90 Å². The Balaban J connectivity index is 1.74.